The lowest BCUT2D eigenvalue weighted by Crippen LogP contribution is -2.23. The van der Waals surface area contributed by atoms with Gasteiger partial charge in [0.2, 0.25) is 10.0 Å². The van der Waals surface area contributed by atoms with E-state index in [0.717, 1.165) is 12.1 Å². The van der Waals surface area contributed by atoms with Crippen molar-refractivity contribution >= 4 is 16.0 Å². The molecule has 0 radical (unpaired) electrons. The van der Waals surface area contributed by atoms with Crippen LogP contribution in [0.15, 0.2) is 65.8 Å². The number of carboxylic acids is 1. The van der Waals surface area contributed by atoms with E-state index in [-0.39, 0.29) is 49.4 Å². The summed E-state index contributed by atoms with van der Waals surface area (Å²) in [6, 6.07) is 13.5. The molecule has 0 spiro atoms. The van der Waals surface area contributed by atoms with E-state index in [9.17, 15) is 18.3 Å². The number of methoxy groups -OCH3 is 1. The van der Waals surface area contributed by atoms with Crippen LogP contribution in [0.4, 0.5) is 0 Å². The maximum absolute atomic E-state index is 12.9. The lowest BCUT2D eigenvalue weighted by molar-refractivity contribution is 0.0695. The van der Waals surface area contributed by atoms with Crippen molar-refractivity contribution in [3.63, 3.8) is 0 Å². The van der Waals surface area contributed by atoms with E-state index in [1.165, 1.54) is 19.4 Å². The molecule has 1 aliphatic carbocycles. The lowest BCUT2D eigenvalue weighted by Gasteiger charge is -2.12. The molecule has 2 atom stereocenters. The summed E-state index contributed by atoms with van der Waals surface area (Å²) in [5.41, 5.74) is 2.85. The second kappa shape index (κ2) is 11.2. The second-order valence-corrected chi connectivity index (χ2v) is 10.3. The summed E-state index contributed by atoms with van der Waals surface area (Å²) in [5, 5.41) is 22.3. The molecule has 2 heterocycles. The smallest absolute Gasteiger partial charge is 0.339 e. The van der Waals surface area contributed by atoms with Crippen molar-refractivity contribution in [3.8, 4) is 11.4 Å². The Hall–Kier alpha value is -4.03. The number of nitrogens with one attached hydrogen (secondary N) is 1. The third kappa shape index (κ3) is 5.46. The van der Waals surface area contributed by atoms with Crippen LogP contribution in [0.25, 0.3) is 5.69 Å². The van der Waals surface area contributed by atoms with Crippen molar-refractivity contribution in [1.29, 1.82) is 0 Å². The fraction of sp³-hybridized carbons (Fsp3) is 0.308. The molecule has 1 fully saturated rings. The van der Waals surface area contributed by atoms with Gasteiger partial charge in [0.1, 0.15) is 16.2 Å². The molecule has 5 rings (SSSR count). The average molecular weight is 541 g/mol. The molecule has 0 saturated heterocycles. The topological polar surface area (TPSA) is 141 Å². The monoisotopic (exact) mass is 540 g/mol. The van der Waals surface area contributed by atoms with Crippen LogP contribution in [0.2, 0.25) is 0 Å². The summed E-state index contributed by atoms with van der Waals surface area (Å²) >= 11 is 0. The first-order valence-electron chi connectivity index (χ1n) is 11.2. The zero-order valence-electron chi connectivity index (χ0n) is 19.6. The Bertz CT molecular complexity index is 1540. The molecule has 2 aromatic heterocycles. The van der Waals surface area contributed by atoms with Gasteiger partial charge in [0.05, 0.1) is 30.4 Å². The summed E-state index contributed by atoms with van der Waals surface area (Å²) in [6.45, 7) is 0.0300. The number of aryl methyl sites for hydroxylation is 1. The third-order valence-electron chi connectivity index (χ3n) is 6.16. The van der Waals surface area contributed by atoms with Crippen molar-refractivity contribution in [2.24, 2.45) is 7.05 Å². The molecule has 2 N–H and O–H groups in total. The van der Waals surface area contributed by atoms with Crippen LogP contribution >= 0.6 is 0 Å². The highest BCUT2D eigenvalue weighted by molar-refractivity contribution is 7.89. The van der Waals surface area contributed by atoms with E-state index in [2.05, 4.69) is 20.1 Å². The van der Waals surface area contributed by atoms with E-state index < -0.39 is 16.0 Å². The van der Waals surface area contributed by atoms with Crippen molar-refractivity contribution in [1.82, 2.24) is 29.5 Å². The fourth-order valence-electron chi connectivity index (χ4n) is 4.34. The van der Waals surface area contributed by atoms with Crippen molar-refractivity contribution in [2.75, 3.05) is 7.11 Å². The Morgan fingerprint density at radius 2 is 1.92 bits per heavy atom. The Balaban J connectivity index is 0.00000200. The van der Waals surface area contributed by atoms with Crippen LogP contribution in [-0.4, -0.2) is 51.4 Å². The van der Waals surface area contributed by atoms with E-state index in [4.69, 9.17) is 4.74 Å². The standard InChI is InChI=1S/C24H24N6O5S.2CH4/c1-29-14-20(27-28-29)17-11-18(17)23-19(24(31)32)13-25-30(23)16-7-5-6-15(10-16)12-26-36(33,34)22-9-4-3-8-21(22)35-2;;/h3-10,13-14,17-18,26H,11-12H2,1-2H3,(H,31,32);2*1H4/t17-,18-;;/m1../s1. The molecule has 202 valence electrons. The van der Waals surface area contributed by atoms with Gasteiger partial charge in [-0.15, -0.1) is 5.10 Å². The number of aromatic carboxylic acids is 1. The number of carbonyl (C=O) groups is 1. The van der Waals surface area contributed by atoms with E-state index in [0.29, 0.717) is 16.9 Å². The van der Waals surface area contributed by atoms with Crippen molar-refractivity contribution in [2.45, 2.75) is 44.6 Å². The number of ether oxygens (including phenoxy) is 1. The van der Waals surface area contributed by atoms with Gasteiger partial charge < -0.3 is 9.84 Å². The first-order valence-corrected chi connectivity index (χ1v) is 12.7. The summed E-state index contributed by atoms with van der Waals surface area (Å²) < 4.78 is 36.7. The number of hydrogen-bond acceptors (Lipinski definition) is 7. The van der Waals surface area contributed by atoms with E-state index in [1.54, 1.807) is 58.9 Å². The van der Waals surface area contributed by atoms with Crippen molar-refractivity contribution in [3.05, 3.63) is 83.4 Å². The number of hydrogen-bond donors (Lipinski definition) is 2. The van der Waals surface area contributed by atoms with Gasteiger partial charge in [-0.2, -0.15) is 5.10 Å². The number of benzene rings is 2. The molecule has 12 heteroatoms. The zero-order chi connectivity index (χ0) is 25.4. The lowest BCUT2D eigenvalue weighted by atomic mass is 10.1. The predicted octanol–water partition coefficient (Wildman–Crippen LogP) is 3.73. The van der Waals surface area contributed by atoms with Gasteiger partial charge in [-0.1, -0.05) is 44.3 Å². The second-order valence-electron chi connectivity index (χ2n) is 8.57. The maximum atomic E-state index is 12.9. The first-order chi connectivity index (χ1) is 17.3. The summed E-state index contributed by atoms with van der Waals surface area (Å²) in [7, 11) is -0.621. The predicted molar refractivity (Wildman–Crippen MR) is 142 cm³/mol. The van der Waals surface area contributed by atoms with Gasteiger partial charge in [0.25, 0.3) is 0 Å². The van der Waals surface area contributed by atoms with Crippen LogP contribution in [0.1, 0.15) is 60.4 Å². The Kier molecular flexibility index (Phi) is 8.38. The highest BCUT2D eigenvalue weighted by Crippen LogP contribution is 2.55. The number of rotatable bonds is 9. The average Bonchev–Trinajstić information content (AvgIpc) is 3.32. The van der Waals surface area contributed by atoms with Gasteiger partial charge in [-0.25, -0.2) is 22.6 Å². The molecule has 1 saturated carbocycles. The number of aromatic nitrogens is 5. The van der Waals surface area contributed by atoms with Gasteiger partial charge in [-0.05, 0) is 36.2 Å². The van der Waals surface area contributed by atoms with Crippen molar-refractivity contribution < 1.29 is 23.1 Å². The Morgan fingerprint density at radius 3 is 2.61 bits per heavy atom. The molecule has 11 nitrogen and oxygen atoms in total. The number of para-hydroxylation sites is 1. The minimum Gasteiger partial charge on any atom is -0.495 e. The van der Waals surface area contributed by atoms with Gasteiger partial charge >= 0.3 is 5.97 Å². The minimum atomic E-state index is -3.82. The largest absolute Gasteiger partial charge is 0.495 e. The molecule has 1 aliphatic rings. The zero-order valence-corrected chi connectivity index (χ0v) is 20.4. The van der Waals surface area contributed by atoms with Crippen LogP contribution in [-0.2, 0) is 23.6 Å². The van der Waals surface area contributed by atoms with Gasteiger partial charge in [-0.3, -0.25) is 4.68 Å². The number of carboxylic acid groups (broad SMARTS) is 1. The molecule has 0 unspecified atom stereocenters. The number of nitrogens with zero attached hydrogens (tertiary/aromatic N) is 5. The Labute approximate surface area is 222 Å². The molecule has 2 aromatic carbocycles. The minimum absolute atomic E-state index is 0. The van der Waals surface area contributed by atoms with Gasteiger partial charge in [0.15, 0.2) is 0 Å². The molecule has 4 aromatic rings. The molecule has 0 bridgehead atoms. The van der Waals surface area contributed by atoms with Crippen LogP contribution in [0.3, 0.4) is 0 Å². The maximum Gasteiger partial charge on any atom is 0.339 e. The molecule has 38 heavy (non-hydrogen) atoms. The van der Waals surface area contributed by atoms with E-state index >= 15 is 0 Å². The summed E-state index contributed by atoms with van der Waals surface area (Å²) in [5.74, 6) is -0.809. The first kappa shape index (κ1) is 28.5. The Morgan fingerprint density at radius 1 is 1.16 bits per heavy atom. The highest BCUT2D eigenvalue weighted by atomic mass is 32.2. The molecular weight excluding hydrogens is 508 g/mol. The fourth-order valence-corrected chi connectivity index (χ4v) is 5.53. The number of sulfonamides is 1. The quantitative estimate of drug-likeness (QED) is 0.327. The van der Waals surface area contributed by atoms with Crippen LogP contribution < -0.4 is 9.46 Å². The van der Waals surface area contributed by atoms with Crippen LogP contribution in [0.5, 0.6) is 5.75 Å². The third-order valence-corrected chi connectivity index (χ3v) is 7.60. The highest BCUT2D eigenvalue weighted by Gasteiger charge is 2.46. The van der Waals surface area contributed by atoms with E-state index in [1.807, 2.05) is 6.20 Å². The molecular formula is C26H32N6O5S. The molecule has 0 amide bonds. The summed E-state index contributed by atoms with van der Waals surface area (Å²) in [4.78, 5) is 12.0. The van der Waals surface area contributed by atoms with Crippen LogP contribution in [0, 0.1) is 0 Å². The normalized spacial score (nSPS) is 16.3. The van der Waals surface area contributed by atoms with Gasteiger partial charge in [0, 0.05) is 31.6 Å². The molecule has 0 aliphatic heterocycles. The summed E-state index contributed by atoms with van der Waals surface area (Å²) in [6.07, 6.45) is 3.92. The SMILES string of the molecule is C.C.COc1ccccc1S(=O)(=O)NCc1cccc(-n2ncc(C(=O)O)c2[C@@H]2C[C@H]2c2cn(C)nn2)c1.